The van der Waals surface area contributed by atoms with Gasteiger partial charge in [-0.15, -0.1) is 11.8 Å². The van der Waals surface area contributed by atoms with Crippen molar-refractivity contribution in [2.24, 2.45) is 5.92 Å². The molecule has 0 aliphatic carbocycles. The van der Waals surface area contributed by atoms with Gasteiger partial charge in [0.15, 0.2) is 0 Å². The lowest BCUT2D eigenvalue weighted by atomic mass is 10.00. The number of ether oxygens (including phenoxy) is 1. The highest BCUT2D eigenvalue weighted by Gasteiger charge is 2.40. The Morgan fingerprint density at radius 1 is 1.37 bits per heavy atom. The summed E-state index contributed by atoms with van der Waals surface area (Å²) in [7, 11) is 1.68. The molecule has 8 heteroatoms. The summed E-state index contributed by atoms with van der Waals surface area (Å²) in [4.78, 5) is 38.4. The van der Waals surface area contributed by atoms with E-state index in [0.717, 1.165) is 0 Å². The molecule has 0 saturated carbocycles. The molecule has 2 N–H and O–H groups in total. The van der Waals surface area contributed by atoms with Gasteiger partial charge in [-0.25, -0.2) is 4.79 Å². The van der Waals surface area contributed by atoms with Crippen molar-refractivity contribution in [1.82, 2.24) is 15.5 Å². The van der Waals surface area contributed by atoms with Crippen LogP contribution in [0.1, 0.15) is 41.5 Å². The van der Waals surface area contributed by atoms with Crippen molar-refractivity contribution in [3.63, 3.8) is 0 Å². The van der Waals surface area contributed by atoms with E-state index in [-0.39, 0.29) is 47.1 Å². The molecule has 1 rings (SSSR count). The SMILES string of the molecule is CCOC(=O)/C(C)=C/[C@H](C(C)C)N(C)C(=O)CNC(=O)[C@H]1NCSC1(C)C. The number of hydrogen-bond donors (Lipinski definition) is 2. The second-order valence-corrected chi connectivity index (χ2v) is 9.19. The largest absolute Gasteiger partial charge is 0.463 e. The van der Waals surface area contributed by atoms with Gasteiger partial charge >= 0.3 is 5.97 Å². The number of nitrogens with one attached hydrogen (secondary N) is 2. The summed E-state index contributed by atoms with van der Waals surface area (Å²) >= 11 is 1.68. The van der Waals surface area contributed by atoms with Crippen molar-refractivity contribution in [3.8, 4) is 0 Å². The van der Waals surface area contributed by atoms with Crippen LogP contribution in [0, 0.1) is 5.92 Å². The van der Waals surface area contributed by atoms with Crippen molar-refractivity contribution >= 4 is 29.5 Å². The van der Waals surface area contributed by atoms with E-state index in [4.69, 9.17) is 4.74 Å². The monoisotopic (exact) mass is 399 g/mol. The zero-order valence-corrected chi connectivity index (χ0v) is 18.2. The minimum absolute atomic E-state index is 0.0796. The van der Waals surface area contributed by atoms with Crippen molar-refractivity contribution in [2.45, 2.75) is 58.4 Å². The maximum Gasteiger partial charge on any atom is 0.333 e. The summed E-state index contributed by atoms with van der Waals surface area (Å²) < 4.78 is 4.79. The molecule has 0 radical (unpaired) electrons. The Labute approximate surface area is 166 Å². The van der Waals surface area contributed by atoms with Gasteiger partial charge in [0.05, 0.1) is 19.2 Å². The first-order chi connectivity index (χ1) is 12.5. The number of hydrogen-bond acceptors (Lipinski definition) is 6. The maximum absolute atomic E-state index is 12.6. The van der Waals surface area contributed by atoms with Gasteiger partial charge in [-0.1, -0.05) is 19.9 Å². The summed E-state index contributed by atoms with van der Waals surface area (Å²) in [6, 6.07) is -0.595. The average Bonchev–Trinajstić information content (AvgIpc) is 2.95. The molecule has 0 unspecified atom stereocenters. The van der Waals surface area contributed by atoms with Gasteiger partial charge in [0.1, 0.15) is 6.04 Å². The fourth-order valence-electron chi connectivity index (χ4n) is 2.92. The Morgan fingerprint density at radius 3 is 2.48 bits per heavy atom. The number of amides is 2. The lowest BCUT2D eigenvalue weighted by Crippen LogP contribution is -2.52. The third-order valence-corrected chi connectivity index (χ3v) is 5.94. The van der Waals surface area contributed by atoms with Crippen LogP contribution in [0.25, 0.3) is 0 Å². The highest BCUT2D eigenvalue weighted by molar-refractivity contribution is 8.00. The van der Waals surface area contributed by atoms with Gasteiger partial charge in [0, 0.05) is 23.2 Å². The number of carbonyl (C=O) groups excluding carboxylic acids is 3. The summed E-state index contributed by atoms with van der Waals surface area (Å²) in [5.74, 6) is 0.0476. The fourth-order valence-corrected chi connectivity index (χ4v) is 3.90. The molecular weight excluding hydrogens is 366 g/mol. The predicted molar refractivity (Wildman–Crippen MR) is 108 cm³/mol. The van der Waals surface area contributed by atoms with Crippen LogP contribution in [-0.4, -0.2) is 65.6 Å². The van der Waals surface area contributed by atoms with Crippen molar-refractivity contribution in [3.05, 3.63) is 11.6 Å². The molecule has 0 bridgehead atoms. The van der Waals surface area contributed by atoms with Crippen LogP contribution in [0.3, 0.4) is 0 Å². The normalized spacial score (nSPS) is 20.3. The van der Waals surface area contributed by atoms with Gasteiger partial charge in [0.25, 0.3) is 0 Å². The molecular formula is C19H33N3O4S. The zero-order chi connectivity index (χ0) is 20.8. The summed E-state index contributed by atoms with van der Waals surface area (Å²) in [6.45, 7) is 11.6. The number of carbonyl (C=O) groups is 3. The molecule has 0 spiro atoms. The number of nitrogens with zero attached hydrogens (tertiary/aromatic N) is 1. The highest BCUT2D eigenvalue weighted by atomic mass is 32.2. The Bertz CT molecular complexity index is 590. The van der Waals surface area contributed by atoms with Crippen molar-refractivity contribution in [1.29, 1.82) is 0 Å². The second-order valence-electron chi connectivity index (χ2n) is 7.56. The van der Waals surface area contributed by atoms with E-state index in [2.05, 4.69) is 10.6 Å². The first kappa shape index (κ1) is 23.5. The summed E-state index contributed by atoms with van der Waals surface area (Å²) in [5, 5.41) is 5.89. The van der Waals surface area contributed by atoms with Crippen LogP contribution in [0.2, 0.25) is 0 Å². The second kappa shape index (κ2) is 10.1. The maximum atomic E-state index is 12.6. The topological polar surface area (TPSA) is 87.7 Å². The molecule has 1 fully saturated rings. The van der Waals surface area contributed by atoms with Crippen LogP contribution in [0.15, 0.2) is 11.6 Å². The molecule has 0 aromatic heterocycles. The minimum Gasteiger partial charge on any atom is -0.463 e. The van der Waals surface area contributed by atoms with Crippen LogP contribution < -0.4 is 10.6 Å². The molecule has 1 aliphatic rings. The van der Waals surface area contributed by atoms with Crippen molar-refractivity contribution < 1.29 is 19.1 Å². The van der Waals surface area contributed by atoms with Crippen LogP contribution >= 0.6 is 11.8 Å². The zero-order valence-electron chi connectivity index (χ0n) is 17.4. The number of thioether (sulfide) groups is 1. The molecule has 0 aromatic rings. The molecule has 154 valence electrons. The van der Waals surface area contributed by atoms with Crippen molar-refractivity contribution in [2.75, 3.05) is 26.1 Å². The Hall–Kier alpha value is -1.54. The van der Waals surface area contributed by atoms with E-state index in [0.29, 0.717) is 18.1 Å². The minimum atomic E-state index is -0.385. The first-order valence-electron chi connectivity index (χ1n) is 9.27. The Balaban J connectivity index is 2.72. The third-order valence-electron chi connectivity index (χ3n) is 4.64. The van der Waals surface area contributed by atoms with Gasteiger partial charge in [0.2, 0.25) is 11.8 Å². The molecule has 2 atom stereocenters. The van der Waals surface area contributed by atoms with Crippen LogP contribution in [0.5, 0.6) is 0 Å². The molecule has 1 aliphatic heterocycles. The lowest BCUT2D eigenvalue weighted by molar-refractivity contribution is -0.138. The Morgan fingerprint density at radius 2 is 2.00 bits per heavy atom. The average molecular weight is 400 g/mol. The summed E-state index contributed by atoms with van der Waals surface area (Å²) in [6.07, 6.45) is 1.75. The van der Waals surface area contributed by atoms with E-state index in [1.807, 2.05) is 27.7 Å². The molecule has 7 nitrogen and oxygen atoms in total. The predicted octanol–water partition coefficient (Wildman–Crippen LogP) is 1.54. The van der Waals surface area contributed by atoms with Gasteiger partial charge in [-0.2, -0.15) is 0 Å². The van der Waals surface area contributed by atoms with Gasteiger partial charge in [-0.05, 0) is 33.6 Å². The summed E-state index contributed by atoms with van der Waals surface area (Å²) in [5.41, 5.74) is 0.466. The molecule has 2 amide bonds. The van der Waals surface area contributed by atoms with E-state index in [1.165, 1.54) is 0 Å². The van der Waals surface area contributed by atoms with Crippen LogP contribution in [-0.2, 0) is 19.1 Å². The first-order valence-corrected chi connectivity index (χ1v) is 10.3. The van der Waals surface area contributed by atoms with E-state index in [1.54, 1.807) is 43.6 Å². The molecule has 27 heavy (non-hydrogen) atoms. The number of esters is 1. The van der Waals surface area contributed by atoms with Gasteiger partial charge < -0.3 is 15.0 Å². The highest BCUT2D eigenvalue weighted by Crippen LogP contribution is 2.32. The van der Waals surface area contributed by atoms with Gasteiger partial charge in [-0.3, -0.25) is 14.9 Å². The number of likely N-dealkylation sites (N-methyl/N-ethyl adjacent to an activating group) is 1. The van der Waals surface area contributed by atoms with E-state index >= 15 is 0 Å². The Kier molecular flexibility index (Phi) is 8.81. The third kappa shape index (κ3) is 6.53. The number of rotatable bonds is 8. The molecule has 1 saturated heterocycles. The van der Waals surface area contributed by atoms with E-state index in [9.17, 15) is 14.4 Å². The lowest BCUT2D eigenvalue weighted by Gasteiger charge is -2.30. The molecule has 1 heterocycles. The standard InChI is InChI=1S/C19H33N3O4S/c1-8-26-18(25)13(4)9-14(12(2)3)22(7)15(23)10-20-17(24)16-19(5,6)27-11-21-16/h9,12,14,16,21H,8,10-11H2,1-7H3,(H,20,24)/b13-9+/t14-,16-/m1/s1. The molecule has 0 aromatic carbocycles. The quantitative estimate of drug-likeness (QED) is 0.475. The van der Waals surface area contributed by atoms with E-state index < -0.39 is 0 Å². The smallest absolute Gasteiger partial charge is 0.333 e. The van der Waals surface area contributed by atoms with Crippen LogP contribution in [0.4, 0.5) is 0 Å². The fraction of sp³-hybridized carbons (Fsp3) is 0.737.